The summed E-state index contributed by atoms with van der Waals surface area (Å²) in [5, 5.41) is 11.1. The summed E-state index contributed by atoms with van der Waals surface area (Å²) in [5.74, 6) is -0.922. The van der Waals surface area contributed by atoms with E-state index in [-0.39, 0.29) is 19.0 Å². The highest BCUT2D eigenvalue weighted by molar-refractivity contribution is 5.74. The van der Waals surface area contributed by atoms with E-state index in [1.807, 2.05) is 6.92 Å². The van der Waals surface area contributed by atoms with Gasteiger partial charge in [0.15, 0.2) is 0 Å². The van der Waals surface area contributed by atoms with Gasteiger partial charge in [0, 0.05) is 20.1 Å². The van der Waals surface area contributed by atoms with Crippen molar-refractivity contribution in [2.75, 3.05) is 33.4 Å². The molecule has 0 atom stereocenters. The normalized spacial score (nSPS) is 9.76. The van der Waals surface area contributed by atoms with Gasteiger partial charge in [-0.15, -0.1) is 0 Å². The summed E-state index contributed by atoms with van der Waals surface area (Å²) in [6.07, 6.45) is -0.0594. The van der Waals surface area contributed by atoms with Gasteiger partial charge in [-0.1, -0.05) is 12.2 Å². The Balaban J connectivity index is 3.57. The number of ether oxygens (including phenoxy) is 1. The van der Waals surface area contributed by atoms with Crippen LogP contribution in [0.3, 0.4) is 0 Å². The summed E-state index contributed by atoms with van der Waals surface area (Å²) in [5.41, 5.74) is 0.926. The van der Waals surface area contributed by atoms with Crippen LogP contribution < -0.4 is 5.32 Å². The van der Waals surface area contributed by atoms with Crippen LogP contribution in [0.4, 0.5) is 4.79 Å². The van der Waals surface area contributed by atoms with Crippen molar-refractivity contribution in [3.63, 3.8) is 0 Å². The van der Waals surface area contributed by atoms with Crippen molar-refractivity contribution in [1.29, 1.82) is 0 Å². The predicted molar refractivity (Wildman–Crippen MR) is 63.9 cm³/mol. The summed E-state index contributed by atoms with van der Waals surface area (Å²) in [6.45, 7) is 7.01. The molecular formula is C11H20N2O4. The fourth-order valence-corrected chi connectivity index (χ4v) is 0.976. The average molecular weight is 244 g/mol. The van der Waals surface area contributed by atoms with Crippen molar-refractivity contribution in [1.82, 2.24) is 10.2 Å². The van der Waals surface area contributed by atoms with Crippen LogP contribution in [0.15, 0.2) is 12.2 Å². The van der Waals surface area contributed by atoms with Gasteiger partial charge in [0.1, 0.15) is 0 Å². The second kappa shape index (κ2) is 8.58. The van der Waals surface area contributed by atoms with Crippen molar-refractivity contribution >= 4 is 12.0 Å². The number of amides is 2. The third-order valence-electron chi connectivity index (χ3n) is 1.88. The highest BCUT2D eigenvalue weighted by Crippen LogP contribution is 1.90. The maximum Gasteiger partial charge on any atom is 0.317 e. The molecule has 0 spiro atoms. The summed E-state index contributed by atoms with van der Waals surface area (Å²) >= 11 is 0. The molecule has 0 aliphatic rings. The third kappa shape index (κ3) is 9.37. The van der Waals surface area contributed by atoms with Crippen molar-refractivity contribution in [2.24, 2.45) is 0 Å². The molecule has 0 fully saturated rings. The molecule has 2 N–H and O–H groups in total. The predicted octanol–water partition coefficient (Wildman–Crippen LogP) is 0.695. The Morgan fingerprint density at radius 3 is 2.65 bits per heavy atom. The van der Waals surface area contributed by atoms with E-state index in [0.29, 0.717) is 19.8 Å². The van der Waals surface area contributed by atoms with Gasteiger partial charge in [-0.3, -0.25) is 4.79 Å². The minimum Gasteiger partial charge on any atom is -0.481 e. The number of hydrogen-bond acceptors (Lipinski definition) is 3. The second-order valence-corrected chi connectivity index (χ2v) is 3.81. The standard InChI is InChI=1S/C11H20N2O4/c1-9(2)8-17-7-5-12-11(16)13(3)6-4-10(14)15/h1,4-8H2,2-3H3,(H,12,16)(H,14,15). The number of nitrogens with one attached hydrogen (secondary N) is 1. The lowest BCUT2D eigenvalue weighted by Gasteiger charge is -2.16. The SMILES string of the molecule is C=C(C)COCCNC(=O)N(C)CCC(=O)O. The molecule has 0 unspecified atom stereocenters. The summed E-state index contributed by atoms with van der Waals surface area (Å²) in [7, 11) is 1.55. The molecule has 0 saturated heterocycles. The van der Waals surface area contributed by atoms with Crippen molar-refractivity contribution in [3.8, 4) is 0 Å². The number of rotatable bonds is 8. The molecule has 0 radical (unpaired) electrons. The van der Waals surface area contributed by atoms with E-state index in [0.717, 1.165) is 5.57 Å². The van der Waals surface area contributed by atoms with Crippen molar-refractivity contribution < 1.29 is 19.4 Å². The summed E-state index contributed by atoms with van der Waals surface area (Å²) < 4.78 is 5.20. The quantitative estimate of drug-likeness (QED) is 0.486. The van der Waals surface area contributed by atoms with Crippen LogP contribution in [0.2, 0.25) is 0 Å². The van der Waals surface area contributed by atoms with E-state index in [1.54, 1.807) is 7.05 Å². The zero-order valence-electron chi connectivity index (χ0n) is 10.4. The molecule has 0 aromatic rings. The molecule has 0 aliphatic heterocycles. The molecule has 0 bridgehead atoms. The van der Waals surface area contributed by atoms with Crippen LogP contribution in [0, 0.1) is 0 Å². The molecule has 98 valence electrons. The molecule has 2 amide bonds. The minimum absolute atomic E-state index is 0.0594. The van der Waals surface area contributed by atoms with Crippen LogP contribution in [-0.4, -0.2) is 55.4 Å². The van der Waals surface area contributed by atoms with Gasteiger partial charge in [-0.05, 0) is 6.92 Å². The van der Waals surface area contributed by atoms with Gasteiger partial charge >= 0.3 is 12.0 Å². The molecule has 0 heterocycles. The molecule has 0 rings (SSSR count). The first-order valence-corrected chi connectivity index (χ1v) is 5.36. The number of carbonyl (C=O) groups excluding carboxylic acids is 1. The van der Waals surface area contributed by atoms with E-state index in [4.69, 9.17) is 9.84 Å². The average Bonchev–Trinajstić information content (AvgIpc) is 2.24. The summed E-state index contributed by atoms with van der Waals surface area (Å²) in [6, 6.07) is -0.301. The Bertz CT molecular complexity index is 279. The lowest BCUT2D eigenvalue weighted by molar-refractivity contribution is -0.137. The number of carboxylic acid groups (broad SMARTS) is 1. The first-order valence-electron chi connectivity index (χ1n) is 5.36. The van der Waals surface area contributed by atoms with Crippen molar-refractivity contribution in [3.05, 3.63) is 12.2 Å². The van der Waals surface area contributed by atoms with Gasteiger partial charge in [0.2, 0.25) is 0 Å². The largest absolute Gasteiger partial charge is 0.481 e. The lowest BCUT2D eigenvalue weighted by atomic mass is 10.4. The monoisotopic (exact) mass is 244 g/mol. The van der Waals surface area contributed by atoms with Crippen LogP contribution >= 0.6 is 0 Å². The maximum atomic E-state index is 11.4. The number of nitrogens with zero attached hydrogens (tertiary/aromatic N) is 1. The van der Waals surface area contributed by atoms with Gasteiger partial charge in [-0.2, -0.15) is 0 Å². The molecule has 0 saturated carbocycles. The number of aliphatic carboxylic acids is 1. The van der Waals surface area contributed by atoms with E-state index >= 15 is 0 Å². The summed E-state index contributed by atoms with van der Waals surface area (Å²) in [4.78, 5) is 23.0. The Morgan fingerprint density at radius 2 is 2.12 bits per heavy atom. The number of carboxylic acids is 1. The topological polar surface area (TPSA) is 78.9 Å². The van der Waals surface area contributed by atoms with Gasteiger partial charge in [0.05, 0.1) is 19.6 Å². The van der Waals surface area contributed by atoms with Gasteiger partial charge in [-0.25, -0.2) is 4.79 Å². The zero-order valence-corrected chi connectivity index (χ0v) is 10.4. The van der Waals surface area contributed by atoms with Crippen LogP contribution in [0.25, 0.3) is 0 Å². The Labute approximate surface area is 101 Å². The fraction of sp³-hybridized carbons (Fsp3) is 0.636. The highest BCUT2D eigenvalue weighted by atomic mass is 16.5. The van der Waals surface area contributed by atoms with Crippen molar-refractivity contribution in [2.45, 2.75) is 13.3 Å². The van der Waals surface area contributed by atoms with Crippen LogP contribution in [0.5, 0.6) is 0 Å². The molecule has 0 aromatic heterocycles. The number of hydrogen-bond donors (Lipinski definition) is 2. The van der Waals surface area contributed by atoms with E-state index in [9.17, 15) is 9.59 Å². The Morgan fingerprint density at radius 1 is 1.47 bits per heavy atom. The number of urea groups is 1. The highest BCUT2D eigenvalue weighted by Gasteiger charge is 2.08. The van der Waals surface area contributed by atoms with Crippen LogP contribution in [0.1, 0.15) is 13.3 Å². The molecular weight excluding hydrogens is 224 g/mol. The van der Waals surface area contributed by atoms with E-state index in [2.05, 4.69) is 11.9 Å². The maximum absolute atomic E-state index is 11.4. The van der Waals surface area contributed by atoms with E-state index < -0.39 is 5.97 Å². The first-order chi connectivity index (χ1) is 7.93. The lowest BCUT2D eigenvalue weighted by Crippen LogP contribution is -2.39. The molecule has 6 nitrogen and oxygen atoms in total. The second-order valence-electron chi connectivity index (χ2n) is 3.81. The third-order valence-corrected chi connectivity index (χ3v) is 1.88. The molecule has 6 heteroatoms. The fourth-order valence-electron chi connectivity index (χ4n) is 0.976. The first kappa shape index (κ1) is 15.4. The van der Waals surface area contributed by atoms with Gasteiger partial charge < -0.3 is 20.1 Å². The molecule has 17 heavy (non-hydrogen) atoms. The Kier molecular flexibility index (Phi) is 7.79. The van der Waals surface area contributed by atoms with Crippen LogP contribution in [-0.2, 0) is 9.53 Å². The van der Waals surface area contributed by atoms with Gasteiger partial charge in [0.25, 0.3) is 0 Å². The Hall–Kier alpha value is -1.56. The van der Waals surface area contributed by atoms with E-state index in [1.165, 1.54) is 4.90 Å². The number of carbonyl (C=O) groups is 2. The smallest absolute Gasteiger partial charge is 0.317 e. The zero-order chi connectivity index (χ0) is 13.3. The molecule has 0 aliphatic carbocycles. The minimum atomic E-state index is -0.922. The molecule has 0 aromatic carbocycles.